The topological polar surface area (TPSA) is 15.3 Å². The van der Waals surface area contributed by atoms with Crippen LogP contribution in [0.3, 0.4) is 0 Å². The molecular weight excluding hydrogens is 323 g/mol. The van der Waals surface area contributed by atoms with Crippen molar-refractivity contribution >= 4 is 28.3 Å². The Hall–Kier alpha value is -0.290. The van der Waals surface area contributed by atoms with E-state index in [1.54, 1.807) is 0 Å². The maximum atomic E-state index is 3.68. The Bertz CT molecular complexity index is 346. The molecule has 0 bridgehead atoms. The van der Waals surface area contributed by atoms with E-state index in [0.717, 1.165) is 0 Å². The Balaban J connectivity index is 1.84. The highest BCUT2D eigenvalue weighted by molar-refractivity contribution is 14.1. The summed E-state index contributed by atoms with van der Waals surface area (Å²) in [7, 11) is 0. The summed E-state index contributed by atoms with van der Waals surface area (Å²) in [6.45, 7) is 6.01. The Morgan fingerprint density at radius 1 is 1.29 bits per heavy atom. The summed E-state index contributed by atoms with van der Waals surface area (Å²) in [5, 5.41) is 3.68. The third kappa shape index (κ3) is 3.85. The number of rotatable bonds is 4. The van der Waals surface area contributed by atoms with Crippen molar-refractivity contribution in [2.75, 3.05) is 25.0 Å². The SMILES string of the molecule is CCCN1CCC(Nc2ccccc2I)CC1. The number of halogens is 1. The second-order valence-electron chi connectivity index (χ2n) is 4.74. The van der Waals surface area contributed by atoms with Gasteiger partial charge in [-0.3, -0.25) is 0 Å². The first-order chi connectivity index (χ1) is 8.29. The lowest BCUT2D eigenvalue weighted by molar-refractivity contribution is 0.219. The number of benzene rings is 1. The van der Waals surface area contributed by atoms with E-state index in [1.165, 1.54) is 48.2 Å². The van der Waals surface area contributed by atoms with E-state index in [-0.39, 0.29) is 0 Å². The van der Waals surface area contributed by atoms with Crippen molar-refractivity contribution in [2.45, 2.75) is 32.2 Å². The Morgan fingerprint density at radius 3 is 2.65 bits per heavy atom. The minimum Gasteiger partial charge on any atom is -0.381 e. The zero-order valence-corrected chi connectivity index (χ0v) is 12.6. The van der Waals surface area contributed by atoms with Gasteiger partial charge >= 0.3 is 0 Å². The van der Waals surface area contributed by atoms with Crippen molar-refractivity contribution in [3.8, 4) is 0 Å². The minimum atomic E-state index is 0.652. The summed E-state index contributed by atoms with van der Waals surface area (Å²) in [5.74, 6) is 0. The van der Waals surface area contributed by atoms with E-state index in [4.69, 9.17) is 0 Å². The largest absolute Gasteiger partial charge is 0.381 e. The molecule has 2 nitrogen and oxygen atoms in total. The van der Waals surface area contributed by atoms with Gasteiger partial charge < -0.3 is 10.2 Å². The number of nitrogens with zero attached hydrogens (tertiary/aromatic N) is 1. The number of hydrogen-bond acceptors (Lipinski definition) is 2. The summed E-state index contributed by atoms with van der Waals surface area (Å²) < 4.78 is 1.32. The quantitative estimate of drug-likeness (QED) is 0.840. The smallest absolute Gasteiger partial charge is 0.0478 e. The van der Waals surface area contributed by atoms with Crippen LogP contribution in [-0.4, -0.2) is 30.6 Å². The zero-order chi connectivity index (χ0) is 12.1. The van der Waals surface area contributed by atoms with Crippen molar-refractivity contribution in [3.05, 3.63) is 27.8 Å². The summed E-state index contributed by atoms with van der Waals surface area (Å²) in [6.07, 6.45) is 3.81. The molecule has 0 spiro atoms. The van der Waals surface area contributed by atoms with Gasteiger partial charge in [-0.2, -0.15) is 0 Å². The first kappa shape index (κ1) is 13.1. The van der Waals surface area contributed by atoms with Gasteiger partial charge in [-0.15, -0.1) is 0 Å². The predicted molar refractivity (Wildman–Crippen MR) is 82.5 cm³/mol. The molecule has 0 radical (unpaired) electrons. The van der Waals surface area contributed by atoms with E-state index >= 15 is 0 Å². The molecule has 0 aliphatic carbocycles. The fraction of sp³-hybridized carbons (Fsp3) is 0.571. The lowest BCUT2D eigenvalue weighted by atomic mass is 10.0. The average molecular weight is 344 g/mol. The molecule has 1 N–H and O–H groups in total. The van der Waals surface area contributed by atoms with Gasteiger partial charge in [0.05, 0.1) is 0 Å². The maximum Gasteiger partial charge on any atom is 0.0478 e. The van der Waals surface area contributed by atoms with E-state index in [9.17, 15) is 0 Å². The van der Waals surface area contributed by atoms with Crippen LogP contribution in [-0.2, 0) is 0 Å². The molecule has 0 amide bonds. The van der Waals surface area contributed by atoms with Gasteiger partial charge in [0.2, 0.25) is 0 Å². The third-order valence-electron chi connectivity index (χ3n) is 3.36. The molecule has 2 rings (SSSR count). The van der Waals surface area contributed by atoms with Gasteiger partial charge in [0.1, 0.15) is 0 Å². The van der Waals surface area contributed by atoms with Crippen molar-refractivity contribution in [3.63, 3.8) is 0 Å². The van der Waals surface area contributed by atoms with Crippen LogP contribution in [0.2, 0.25) is 0 Å². The highest BCUT2D eigenvalue weighted by Crippen LogP contribution is 2.21. The third-order valence-corrected chi connectivity index (χ3v) is 4.30. The van der Waals surface area contributed by atoms with Crippen molar-refractivity contribution < 1.29 is 0 Å². The summed E-state index contributed by atoms with van der Waals surface area (Å²) in [5.41, 5.74) is 1.29. The molecule has 1 heterocycles. The Kier molecular flexibility index (Phi) is 5.10. The molecule has 1 fully saturated rings. The molecule has 94 valence electrons. The van der Waals surface area contributed by atoms with E-state index in [2.05, 4.69) is 64.0 Å². The first-order valence-electron chi connectivity index (χ1n) is 6.53. The molecule has 1 aliphatic rings. The molecule has 0 unspecified atom stereocenters. The number of likely N-dealkylation sites (tertiary alicyclic amines) is 1. The zero-order valence-electron chi connectivity index (χ0n) is 10.5. The highest BCUT2D eigenvalue weighted by atomic mass is 127. The predicted octanol–water partition coefficient (Wildman–Crippen LogP) is 3.58. The molecule has 1 aliphatic heterocycles. The van der Waals surface area contributed by atoms with Crippen molar-refractivity contribution in [2.24, 2.45) is 0 Å². The molecule has 1 aromatic carbocycles. The van der Waals surface area contributed by atoms with Crippen molar-refractivity contribution in [1.29, 1.82) is 0 Å². The number of anilines is 1. The first-order valence-corrected chi connectivity index (χ1v) is 7.61. The molecule has 1 aromatic rings. The van der Waals surface area contributed by atoms with Crippen LogP contribution in [0, 0.1) is 3.57 Å². The van der Waals surface area contributed by atoms with Gasteiger partial charge in [0.25, 0.3) is 0 Å². The number of hydrogen-bond donors (Lipinski definition) is 1. The fourth-order valence-corrected chi connectivity index (χ4v) is 2.96. The molecular formula is C14H21IN2. The number of nitrogens with one attached hydrogen (secondary N) is 1. The molecule has 3 heteroatoms. The monoisotopic (exact) mass is 344 g/mol. The second kappa shape index (κ2) is 6.59. The van der Waals surface area contributed by atoms with Gasteiger partial charge in [-0.25, -0.2) is 0 Å². The summed E-state index contributed by atoms with van der Waals surface area (Å²) >= 11 is 2.40. The van der Waals surface area contributed by atoms with Gasteiger partial charge in [0.15, 0.2) is 0 Å². The second-order valence-corrected chi connectivity index (χ2v) is 5.90. The summed E-state index contributed by atoms with van der Waals surface area (Å²) in [6, 6.07) is 9.20. The number of piperidine rings is 1. The highest BCUT2D eigenvalue weighted by Gasteiger charge is 2.18. The minimum absolute atomic E-state index is 0.652. The molecule has 1 saturated heterocycles. The maximum absolute atomic E-state index is 3.68. The molecule has 0 aromatic heterocycles. The van der Waals surface area contributed by atoms with Crippen LogP contribution in [0.25, 0.3) is 0 Å². The van der Waals surface area contributed by atoms with Gasteiger partial charge in [-0.1, -0.05) is 19.1 Å². The van der Waals surface area contributed by atoms with Crippen molar-refractivity contribution in [1.82, 2.24) is 4.90 Å². The van der Waals surface area contributed by atoms with Gasteiger partial charge in [0, 0.05) is 28.4 Å². The normalized spacial score (nSPS) is 18.2. The Morgan fingerprint density at radius 2 is 2.00 bits per heavy atom. The Labute approximate surface area is 118 Å². The fourth-order valence-electron chi connectivity index (χ4n) is 2.42. The average Bonchev–Trinajstić information content (AvgIpc) is 2.35. The lowest BCUT2D eigenvalue weighted by Gasteiger charge is -2.32. The van der Waals surface area contributed by atoms with Crippen LogP contribution in [0.15, 0.2) is 24.3 Å². The molecule has 17 heavy (non-hydrogen) atoms. The van der Waals surface area contributed by atoms with Crippen LogP contribution in [0.5, 0.6) is 0 Å². The van der Waals surface area contributed by atoms with E-state index in [0.29, 0.717) is 6.04 Å². The number of para-hydroxylation sites is 1. The summed E-state index contributed by atoms with van der Waals surface area (Å²) in [4.78, 5) is 2.58. The van der Waals surface area contributed by atoms with Gasteiger partial charge in [-0.05, 0) is 60.5 Å². The lowest BCUT2D eigenvalue weighted by Crippen LogP contribution is -2.39. The van der Waals surface area contributed by atoms with Crippen LogP contribution in [0.4, 0.5) is 5.69 Å². The molecule has 0 saturated carbocycles. The molecule has 0 atom stereocenters. The van der Waals surface area contributed by atoms with E-state index < -0.39 is 0 Å². The van der Waals surface area contributed by atoms with E-state index in [1.807, 2.05) is 0 Å². The van der Waals surface area contributed by atoms with Crippen LogP contribution >= 0.6 is 22.6 Å². The van der Waals surface area contributed by atoms with Crippen LogP contribution < -0.4 is 5.32 Å². The standard InChI is InChI=1S/C14H21IN2/c1-2-9-17-10-7-12(8-11-17)16-14-6-4-3-5-13(14)15/h3-6,12,16H,2,7-11H2,1H3. The van der Waals surface area contributed by atoms with Crippen LogP contribution in [0.1, 0.15) is 26.2 Å².